The number of halogens is 2. The van der Waals surface area contributed by atoms with Crippen molar-refractivity contribution in [1.29, 1.82) is 0 Å². The minimum absolute atomic E-state index is 0.295. The zero-order valence-corrected chi connectivity index (χ0v) is 14.0. The van der Waals surface area contributed by atoms with Crippen molar-refractivity contribution in [3.8, 4) is 0 Å². The molecule has 3 nitrogen and oxygen atoms in total. The number of rotatable bonds is 3. The summed E-state index contributed by atoms with van der Waals surface area (Å²) in [4.78, 5) is 16.7. The van der Waals surface area contributed by atoms with Crippen molar-refractivity contribution < 1.29 is 4.79 Å². The summed E-state index contributed by atoms with van der Waals surface area (Å²) in [5, 5.41) is 4.15. The lowest BCUT2D eigenvalue weighted by Gasteiger charge is -2.04. The minimum Gasteiger partial charge on any atom is -0.298 e. The second-order valence-electron chi connectivity index (χ2n) is 4.75. The summed E-state index contributed by atoms with van der Waals surface area (Å²) in [5.41, 5.74) is 2.49. The number of fused-ring (bicyclic) bond motifs is 1. The summed E-state index contributed by atoms with van der Waals surface area (Å²) in [6.45, 7) is 2.10. The number of nitrogens with zero attached hydrogens (tertiary/aromatic N) is 1. The molecule has 0 aliphatic heterocycles. The Bertz CT molecular complexity index is 860. The quantitative estimate of drug-likeness (QED) is 0.685. The fourth-order valence-electron chi connectivity index (χ4n) is 2.08. The van der Waals surface area contributed by atoms with Gasteiger partial charge in [-0.1, -0.05) is 47.5 Å². The minimum atomic E-state index is -0.295. The highest BCUT2D eigenvalue weighted by molar-refractivity contribution is 7.22. The molecule has 0 bridgehead atoms. The fourth-order valence-corrected chi connectivity index (χ4v) is 3.50. The largest absolute Gasteiger partial charge is 0.298 e. The van der Waals surface area contributed by atoms with E-state index < -0.39 is 0 Å². The van der Waals surface area contributed by atoms with E-state index in [9.17, 15) is 4.79 Å². The maximum absolute atomic E-state index is 12.3. The third-order valence-electron chi connectivity index (χ3n) is 3.26. The molecule has 0 aliphatic rings. The Morgan fingerprint density at radius 2 is 2.05 bits per heavy atom. The van der Waals surface area contributed by atoms with Crippen LogP contribution in [0, 0.1) is 0 Å². The first-order chi connectivity index (χ1) is 10.6. The molecule has 1 aromatic heterocycles. The summed E-state index contributed by atoms with van der Waals surface area (Å²) in [6.07, 6.45) is 0.968. The molecule has 3 aromatic rings. The molecular formula is C16H12Cl2N2OS. The summed E-state index contributed by atoms with van der Waals surface area (Å²) in [5.74, 6) is -0.295. The first kappa shape index (κ1) is 15.3. The van der Waals surface area contributed by atoms with Gasteiger partial charge in [-0.05, 0) is 42.3 Å². The van der Waals surface area contributed by atoms with Gasteiger partial charge in [0.25, 0.3) is 5.91 Å². The first-order valence-corrected chi connectivity index (χ1v) is 8.30. The van der Waals surface area contributed by atoms with Crippen LogP contribution in [0.2, 0.25) is 10.0 Å². The molecule has 22 heavy (non-hydrogen) atoms. The number of carbonyl (C=O) groups excluding carboxylic acids is 1. The van der Waals surface area contributed by atoms with Gasteiger partial charge >= 0.3 is 0 Å². The molecular weight excluding hydrogens is 339 g/mol. The maximum Gasteiger partial charge on any atom is 0.258 e. The lowest BCUT2D eigenvalue weighted by molar-refractivity contribution is 0.102. The Morgan fingerprint density at radius 3 is 2.77 bits per heavy atom. The number of aryl methyl sites for hydroxylation is 1. The van der Waals surface area contributed by atoms with Gasteiger partial charge in [-0.15, -0.1) is 0 Å². The highest BCUT2D eigenvalue weighted by atomic mass is 35.5. The van der Waals surface area contributed by atoms with Crippen LogP contribution < -0.4 is 5.32 Å². The summed E-state index contributed by atoms with van der Waals surface area (Å²) < 4.78 is 1.05. The average molecular weight is 351 g/mol. The van der Waals surface area contributed by atoms with Gasteiger partial charge in [0, 0.05) is 5.02 Å². The number of nitrogens with one attached hydrogen (secondary N) is 1. The maximum atomic E-state index is 12.3. The molecule has 0 unspecified atom stereocenters. The Kier molecular flexibility index (Phi) is 4.34. The smallest absolute Gasteiger partial charge is 0.258 e. The zero-order chi connectivity index (χ0) is 15.7. The van der Waals surface area contributed by atoms with Crippen LogP contribution in [0.25, 0.3) is 10.2 Å². The van der Waals surface area contributed by atoms with Crippen molar-refractivity contribution >= 4 is 55.8 Å². The van der Waals surface area contributed by atoms with Gasteiger partial charge in [-0.3, -0.25) is 10.1 Å². The predicted octanol–water partition coefficient (Wildman–Crippen LogP) is 5.42. The summed E-state index contributed by atoms with van der Waals surface area (Å²) in [7, 11) is 0. The number of amides is 1. The van der Waals surface area contributed by atoms with Crippen LogP contribution in [-0.4, -0.2) is 10.9 Å². The molecule has 2 aromatic carbocycles. The van der Waals surface area contributed by atoms with Gasteiger partial charge in [-0.2, -0.15) is 0 Å². The van der Waals surface area contributed by atoms with E-state index in [4.69, 9.17) is 23.2 Å². The van der Waals surface area contributed by atoms with E-state index in [1.807, 2.05) is 12.1 Å². The van der Waals surface area contributed by atoms with E-state index in [1.54, 1.807) is 18.2 Å². The van der Waals surface area contributed by atoms with Crippen LogP contribution in [0.15, 0.2) is 36.4 Å². The van der Waals surface area contributed by atoms with E-state index >= 15 is 0 Å². The Balaban J connectivity index is 1.87. The van der Waals surface area contributed by atoms with E-state index in [0.717, 1.165) is 16.6 Å². The molecule has 1 amide bonds. The summed E-state index contributed by atoms with van der Waals surface area (Å²) in [6, 6.07) is 10.9. The molecule has 112 valence electrons. The molecule has 1 heterocycles. The van der Waals surface area contributed by atoms with Crippen molar-refractivity contribution in [2.24, 2.45) is 0 Å². The van der Waals surface area contributed by atoms with Crippen LogP contribution in [0.1, 0.15) is 22.8 Å². The standard InChI is InChI=1S/C16H12Cl2N2OS/c1-2-9-3-6-13-14(7-9)22-16(19-13)20-15(21)11-5-4-10(17)8-12(11)18/h3-8H,2H2,1H3,(H,19,20,21). The Morgan fingerprint density at radius 1 is 1.23 bits per heavy atom. The Hall–Kier alpha value is -1.62. The van der Waals surface area contributed by atoms with Gasteiger partial charge in [-0.25, -0.2) is 4.98 Å². The number of thiazole rings is 1. The number of hydrogen-bond donors (Lipinski definition) is 1. The zero-order valence-electron chi connectivity index (χ0n) is 11.7. The van der Waals surface area contributed by atoms with E-state index in [2.05, 4.69) is 23.3 Å². The van der Waals surface area contributed by atoms with Crippen LogP contribution in [0.3, 0.4) is 0 Å². The number of hydrogen-bond acceptors (Lipinski definition) is 3. The highest BCUT2D eigenvalue weighted by Crippen LogP contribution is 2.28. The van der Waals surface area contributed by atoms with Crippen molar-refractivity contribution in [3.63, 3.8) is 0 Å². The van der Waals surface area contributed by atoms with Gasteiger partial charge in [0.05, 0.1) is 20.8 Å². The third kappa shape index (κ3) is 3.09. The van der Waals surface area contributed by atoms with Crippen LogP contribution in [0.5, 0.6) is 0 Å². The molecule has 0 saturated carbocycles. The van der Waals surface area contributed by atoms with Crippen molar-refractivity contribution in [1.82, 2.24) is 4.98 Å². The van der Waals surface area contributed by atoms with Crippen molar-refractivity contribution in [3.05, 3.63) is 57.6 Å². The van der Waals surface area contributed by atoms with Crippen molar-refractivity contribution in [2.75, 3.05) is 5.32 Å². The normalized spacial score (nSPS) is 10.9. The van der Waals surface area contributed by atoms with Gasteiger partial charge in [0.2, 0.25) is 0 Å². The fraction of sp³-hybridized carbons (Fsp3) is 0.125. The van der Waals surface area contributed by atoms with Crippen LogP contribution >= 0.6 is 34.5 Å². The third-order valence-corrected chi connectivity index (χ3v) is 4.74. The monoisotopic (exact) mass is 350 g/mol. The van der Waals surface area contributed by atoms with Gasteiger partial charge < -0.3 is 0 Å². The molecule has 0 radical (unpaired) electrons. The van der Waals surface area contributed by atoms with E-state index in [0.29, 0.717) is 20.7 Å². The number of benzene rings is 2. The van der Waals surface area contributed by atoms with Gasteiger partial charge in [0.15, 0.2) is 5.13 Å². The van der Waals surface area contributed by atoms with Crippen molar-refractivity contribution in [2.45, 2.75) is 13.3 Å². The Labute approximate surface area is 141 Å². The average Bonchev–Trinajstić information content (AvgIpc) is 2.87. The second kappa shape index (κ2) is 6.24. The number of carbonyl (C=O) groups is 1. The lowest BCUT2D eigenvalue weighted by atomic mass is 10.2. The van der Waals surface area contributed by atoms with Gasteiger partial charge in [0.1, 0.15) is 0 Å². The molecule has 3 rings (SSSR count). The predicted molar refractivity (Wildman–Crippen MR) is 93.4 cm³/mol. The second-order valence-corrected chi connectivity index (χ2v) is 6.63. The SMILES string of the molecule is CCc1ccc2nc(NC(=O)c3ccc(Cl)cc3Cl)sc2c1. The van der Waals surface area contributed by atoms with E-state index in [-0.39, 0.29) is 5.91 Å². The highest BCUT2D eigenvalue weighted by Gasteiger charge is 2.13. The van der Waals surface area contributed by atoms with Crippen LogP contribution in [0.4, 0.5) is 5.13 Å². The number of aromatic nitrogens is 1. The molecule has 0 aliphatic carbocycles. The topological polar surface area (TPSA) is 42.0 Å². The summed E-state index contributed by atoms with van der Waals surface area (Å²) >= 11 is 13.3. The van der Waals surface area contributed by atoms with E-state index in [1.165, 1.54) is 16.9 Å². The molecule has 1 N–H and O–H groups in total. The lowest BCUT2D eigenvalue weighted by Crippen LogP contribution is -2.12. The molecule has 0 saturated heterocycles. The van der Waals surface area contributed by atoms with Crippen LogP contribution in [-0.2, 0) is 6.42 Å². The molecule has 0 spiro atoms. The molecule has 0 fully saturated rings. The molecule has 6 heteroatoms. The molecule has 0 atom stereocenters. The number of anilines is 1. The first-order valence-electron chi connectivity index (χ1n) is 6.72.